The third kappa shape index (κ3) is 2.35. The van der Waals surface area contributed by atoms with Gasteiger partial charge < -0.3 is 5.11 Å². The Hall–Kier alpha value is -1.34. The molecule has 0 heterocycles. The summed E-state index contributed by atoms with van der Waals surface area (Å²) in [6.07, 6.45) is 2.91. The number of fused-ring (bicyclic) bond motifs is 1. The molecule has 1 fully saturated rings. The minimum Gasteiger partial charge on any atom is -0.385 e. The Balaban J connectivity index is 2.14. The van der Waals surface area contributed by atoms with Crippen molar-refractivity contribution >= 4 is 10.8 Å². The zero-order valence-corrected chi connectivity index (χ0v) is 12.7. The topological polar surface area (TPSA) is 20.2 Å². The molecule has 0 bridgehead atoms. The maximum absolute atomic E-state index is 11.3. The summed E-state index contributed by atoms with van der Waals surface area (Å²) >= 11 is 0. The fraction of sp³-hybridized carbons (Fsp3) is 0.474. The fourth-order valence-electron chi connectivity index (χ4n) is 4.36. The van der Waals surface area contributed by atoms with E-state index in [-0.39, 0.29) is 5.41 Å². The van der Waals surface area contributed by atoms with E-state index < -0.39 is 5.60 Å². The van der Waals surface area contributed by atoms with Crippen LogP contribution in [0.2, 0.25) is 0 Å². The highest BCUT2D eigenvalue weighted by atomic mass is 16.3. The predicted octanol–water partition coefficient (Wildman–Crippen LogP) is 4.87. The molecule has 0 spiro atoms. The number of hydrogen-bond acceptors (Lipinski definition) is 1. The van der Waals surface area contributed by atoms with Crippen molar-refractivity contribution in [2.75, 3.05) is 0 Å². The van der Waals surface area contributed by atoms with Crippen LogP contribution in [-0.2, 0) is 5.60 Å². The largest absolute Gasteiger partial charge is 0.385 e. The van der Waals surface area contributed by atoms with Gasteiger partial charge in [-0.3, -0.25) is 0 Å². The molecule has 3 rings (SSSR count). The van der Waals surface area contributed by atoms with Gasteiger partial charge in [0.2, 0.25) is 0 Å². The number of aliphatic hydroxyl groups is 1. The molecule has 0 aromatic heterocycles. The third-order valence-electron chi connectivity index (χ3n) is 4.65. The molecule has 1 heteroatoms. The number of benzene rings is 2. The Bertz CT molecular complexity index is 623. The van der Waals surface area contributed by atoms with Crippen molar-refractivity contribution in [3.05, 3.63) is 48.0 Å². The molecule has 0 radical (unpaired) electrons. The van der Waals surface area contributed by atoms with Gasteiger partial charge >= 0.3 is 0 Å². The van der Waals surface area contributed by atoms with E-state index in [1.807, 2.05) is 0 Å². The maximum atomic E-state index is 11.3. The van der Waals surface area contributed by atoms with Crippen LogP contribution in [0, 0.1) is 11.3 Å². The van der Waals surface area contributed by atoms with E-state index in [0.29, 0.717) is 5.92 Å². The predicted molar refractivity (Wildman–Crippen MR) is 84.6 cm³/mol. The van der Waals surface area contributed by atoms with Crippen LogP contribution >= 0.6 is 0 Å². The highest BCUT2D eigenvalue weighted by molar-refractivity contribution is 5.86. The zero-order valence-electron chi connectivity index (χ0n) is 12.7. The smallest absolute Gasteiger partial charge is 0.0910 e. The molecule has 0 saturated heterocycles. The van der Waals surface area contributed by atoms with Crippen LogP contribution in [0.1, 0.15) is 45.6 Å². The Morgan fingerprint density at radius 2 is 1.70 bits per heavy atom. The van der Waals surface area contributed by atoms with Gasteiger partial charge in [0, 0.05) is 0 Å². The van der Waals surface area contributed by atoms with Gasteiger partial charge in [0.1, 0.15) is 0 Å². The highest BCUT2D eigenvalue weighted by Crippen LogP contribution is 2.49. The zero-order chi connectivity index (χ0) is 14.4. The van der Waals surface area contributed by atoms with Crippen molar-refractivity contribution in [2.45, 2.75) is 45.6 Å². The molecular weight excluding hydrogens is 244 g/mol. The molecule has 2 aromatic carbocycles. The van der Waals surface area contributed by atoms with E-state index in [9.17, 15) is 5.11 Å². The average Bonchev–Trinajstić information content (AvgIpc) is 2.35. The van der Waals surface area contributed by atoms with Crippen molar-refractivity contribution < 1.29 is 5.11 Å². The molecule has 0 aliphatic heterocycles. The lowest BCUT2D eigenvalue weighted by atomic mass is 9.63. The van der Waals surface area contributed by atoms with Crippen molar-refractivity contribution in [1.82, 2.24) is 0 Å². The van der Waals surface area contributed by atoms with Crippen molar-refractivity contribution in [2.24, 2.45) is 11.3 Å². The van der Waals surface area contributed by atoms with Crippen LogP contribution in [0.15, 0.2) is 42.5 Å². The molecule has 1 saturated carbocycles. The Morgan fingerprint density at radius 3 is 2.45 bits per heavy atom. The van der Waals surface area contributed by atoms with E-state index in [0.717, 1.165) is 18.4 Å². The lowest BCUT2D eigenvalue weighted by molar-refractivity contribution is -0.0624. The first kappa shape index (κ1) is 13.6. The summed E-state index contributed by atoms with van der Waals surface area (Å²) in [5, 5.41) is 13.8. The van der Waals surface area contributed by atoms with Gasteiger partial charge in [0.05, 0.1) is 5.60 Å². The van der Waals surface area contributed by atoms with Crippen LogP contribution in [-0.4, -0.2) is 5.11 Å². The number of rotatable bonds is 1. The standard InChI is InChI=1S/C19H24O/c1-14-11-18(2,3)13-19(20,12-14)17-10-6-8-15-7-4-5-9-16(15)17/h4-10,14,20H,11-13H2,1-3H3. The van der Waals surface area contributed by atoms with Crippen LogP contribution in [0.5, 0.6) is 0 Å². The average molecular weight is 268 g/mol. The Morgan fingerprint density at radius 1 is 1.00 bits per heavy atom. The quantitative estimate of drug-likeness (QED) is 0.782. The van der Waals surface area contributed by atoms with Gasteiger partial charge in [-0.1, -0.05) is 63.2 Å². The molecule has 2 aromatic rings. The van der Waals surface area contributed by atoms with E-state index in [4.69, 9.17) is 0 Å². The van der Waals surface area contributed by atoms with Gasteiger partial charge in [-0.15, -0.1) is 0 Å². The molecule has 1 aliphatic rings. The molecule has 20 heavy (non-hydrogen) atoms. The van der Waals surface area contributed by atoms with Gasteiger partial charge in [-0.05, 0) is 46.9 Å². The van der Waals surface area contributed by atoms with E-state index >= 15 is 0 Å². The summed E-state index contributed by atoms with van der Waals surface area (Å²) < 4.78 is 0. The van der Waals surface area contributed by atoms with Crippen LogP contribution in [0.4, 0.5) is 0 Å². The molecule has 0 amide bonds. The fourth-order valence-corrected chi connectivity index (χ4v) is 4.36. The Kier molecular flexibility index (Phi) is 3.13. The molecule has 2 atom stereocenters. The second kappa shape index (κ2) is 4.60. The lowest BCUT2D eigenvalue weighted by Crippen LogP contribution is -2.40. The summed E-state index contributed by atoms with van der Waals surface area (Å²) in [6.45, 7) is 6.81. The monoisotopic (exact) mass is 268 g/mol. The molecule has 1 aliphatic carbocycles. The van der Waals surface area contributed by atoms with Gasteiger partial charge in [0.25, 0.3) is 0 Å². The molecule has 2 unspecified atom stereocenters. The van der Waals surface area contributed by atoms with Gasteiger partial charge in [-0.25, -0.2) is 0 Å². The third-order valence-corrected chi connectivity index (χ3v) is 4.65. The first-order chi connectivity index (χ1) is 9.40. The van der Waals surface area contributed by atoms with Crippen molar-refractivity contribution in [3.63, 3.8) is 0 Å². The second-order valence-electron chi connectivity index (χ2n) is 7.41. The minimum absolute atomic E-state index is 0.198. The van der Waals surface area contributed by atoms with Crippen LogP contribution in [0.3, 0.4) is 0 Å². The van der Waals surface area contributed by atoms with E-state index in [1.54, 1.807) is 0 Å². The van der Waals surface area contributed by atoms with Gasteiger partial charge in [-0.2, -0.15) is 0 Å². The van der Waals surface area contributed by atoms with E-state index in [2.05, 4.69) is 63.2 Å². The molecule has 1 N–H and O–H groups in total. The maximum Gasteiger partial charge on any atom is 0.0910 e. The second-order valence-corrected chi connectivity index (χ2v) is 7.41. The highest BCUT2D eigenvalue weighted by Gasteiger charge is 2.43. The summed E-state index contributed by atoms with van der Waals surface area (Å²) in [5.74, 6) is 0.558. The first-order valence-corrected chi connectivity index (χ1v) is 7.60. The first-order valence-electron chi connectivity index (χ1n) is 7.60. The normalized spacial score (nSPS) is 29.5. The summed E-state index contributed by atoms with van der Waals surface area (Å²) in [5.41, 5.74) is 0.612. The molecule has 1 nitrogen and oxygen atoms in total. The van der Waals surface area contributed by atoms with E-state index in [1.165, 1.54) is 17.2 Å². The minimum atomic E-state index is -0.692. The van der Waals surface area contributed by atoms with Crippen molar-refractivity contribution in [1.29, 1.82) is 0 Å². The van der Waals surface area contributed by atoms with Crippen LogP contribution < -0.4 is 0 Å². The summed E-state index contributed by atoms with van der Waals surface area (Å²) in [7, 11) is 0. The lowest BCUT2D eigenvalue weighted by Gasteiger charge is -2.45. The number of hydrogen-bond donors (Lipinski definition) is 1. The van der Waals surface area contributed by atoms with Crippen LogP contribution in [0.25, 0.3) is 10.8 Å². The van der Waals surface area contributed by atoms with Gasteiger partial charge in [0.15, 0.2) is 0 Å². The Labute approximate surface area is 121 Å². The molecular formula is C19H24O. The van der Waals surface area contributed by atoms with Crippen molar-refractivity contribution in [3.8, 4) is 0 Å². The molecule has 106 valence electrons. The summed E-state index contributed by atoms with van der Waals surface area (Å²) in [4.78, 5) is 0. The summed E-state index contributed by atoms with van der Waals surface area (Å²) in [6, 6.07) is 14.7. The SMILES string of the molecule is CC1CC(C)(C)CC(O)(c2cccc3ccccc23)C1.